The normalized spacial score (nSPS) is 11.8. The van der Waals surface area contributed by atoms with Crippen LogP contribution in [0.1, 0.15) is 0 Å². The van der Waals surface area contributed by atoms with Crippen molar-refractivity contribution in [2.45, 2.75) is 0 Å². The Hall–Kier alpha value is -10.5. The monoisotopic (exact) mass is 1000 g/mol. The molecule has 3 nitrogen and oxygen atoms in total. The summed E-state index contributed by atoms with van der Waals surface area (Å²) in [6.45, 7) is 0. The summed E-state index contributed by atoms with van der Waals surface area (Å²) in [5, 5.41) is 14.2. The molecule has 2 heterocycles. The third-order valence-electron chi connectivity index (χ3n) is 16.4. The number of aromatic nitrogens is 1. The first-order valence-electron chi connectivity index (χ1n) is 27.2. The lowest BCUT2D eigenvalue weighted by atomic mass is 9.92. The van der Waals surface area contributed by atoms with Gasteiger partial charge in [-0.1, -0.05) is 237 Å². The van der Waals surface area contributed by atoms with Gasteiger partial charge in [0.15, 0.2) is 0 Å². The zero-order valence-electron chi connectivity index (χ0n) is 43.0. The smallest absolute Gasteiger partial charge is 0.145 e. The lowest BCUT2D eigenvalue weighted by Crippen LogP contribution is -2.11. The van der Waals surface area contributed by atoms with Gasteiger partial charge in [-0.05, 0) is 126 Å². The molecule has 16 aromatic rings. The van der Waals surface area contributed by atoms with E-state index in [-0.39, 0.29) is 0 Å². The molecule has 0 saturated heterocycles. The Bertz CT molecular complexity index is 5060. The van der Waals surface area contributed by atoms with Crippen molar-refractivity contribution in [3.05, 3.63) is 291 Å². The molecule has 0 aliphatic rings. The molecule has 3 heteroatoms. The van der Waals surface area contributed by atoms with Gasteiger partial charge in [0.25, 0.3) is 0 Å². The third kappa shape index (κ3) is 7.14. The summed E-state index contributed by atoms with van der Waals surface area (Å²) in [7, 11) is 0. The fraction of sp³-hybridized carbons (Fsp3) is 0. The number of para-hydroxylation sites is 2. The molecule has 16 rings (SSSR count). The molecule has 0 amide bonds. The zero-order valence-corrected chi connectivity index (χ0v) is 43.0. The Balaban J connectivity index is 0.902. The molecule has 368 valence electrons. The number of fused-ring (bicyclic) bond motifs is 10. The van der Waals surface area contributed by atoms with Crippen LogP contribution in [0.25, 0.3) is 137 Å². The fourth-order valence-corrected chi connectivity index (χ4v) is 12.8. The van der Waals surface area contributed by atoms with E-state index >= 15 is 0 Å². The van der Waals surface area contributed by atoms with Crippen LogP contribution in [0, 0.1) is 0 Å². The van der Waals surface area contributed by atoms with Gasteiger partial charge in [-0.3, -0.25) is 0 Å². The molecule has 0 radical (unpaired) electrons. The van der Waals surface area contributed by atoms with Gasteiger partial charge in [-0.15, -0.1) is 0 Å². The first-order chi connectivity index (χ1) is 39.2. The number of hydrogen-bond acceptors (Lipinski definition) is 2. The molecule has 0 bridgehead atoms. The standard InChI is InChI=1S/C76H48N2O/c1-4-23-56-51(17-1)20-13-30-57(56)54-39-37-49(38-40-54)50-41-43-55(44-42-50)77(72-48-46-65(60-31-14-21-52-18-2-5-24-58(52)60)76-75(72)67-29-10-12-36-73(67)79-76)70-47-45-62(61-26-7-8-27-63(61)70)64-32-16-35-71-74(64)66-28-9-11-33-69(66)78(71)68-34-15-22-53-19-3-6-25-59(53)68/h1-48H. The molecule has 79 heavy (non-hydrogen) atoms. The van der Waals surface area contributed by atoms with Gasteiger partial charge in [-0.2, -0.15) is 0 Å². The quantitative estimate of drug-likeness (QED) is 0.151. The molecule has 0 spiro atoms. The lowest BCUT2D eigenvalue weighted by molar-refractivity contribution is 0.670. The minimum absolute atomic E-state index is 0.852. The van der Waals surface area contributed by atoms with Crippen LogP contribution < -0.4 is 4.90 Å². The maximum absolute atomic E-state index is 7.06. The molecule has 0 unspecified atom stereocenters. The number of hydrogen-bond donors (Lipinski definition) is 0. The lowest BCUT2D eigenvalue weighted by Gasteiger charge is -2.29. The van der Waals surface area contributed by atoms with Crippen molar-refractivity contribution in [3.63, 3.8) is 0 Å². The van der Waals surface area contributed by atoms with Crippen molar-refractivity contribution in [3.8, 4) is 50.2 Å². The summed E-state index contributed by atoms with van der Waals surface area (Å²) in [5.74, 6) is 0. The molecule has 0 aliphatic heterocycles. The topological polar surface area (TPSA) is 21.3 Å². The second-order valence-electron chi connectivity index (χ2n) is 20.7. The van der Waals surface area contributed by atoms with E-state index in [2.05, 4.69) is 301 Å². The van der Waals surface area contributed by atoms with E-state index in [0.29, 0.717) is 0 Å². The van der Waals surface area contributed by atoms with Crippen molar-refractivity contribution in [1.82, 2.24) is 4.57 Å². The Morgan fingerprint density at radius 1 is 0.266 bits per heavy atom. The van der Waals surface area contributed by atoms with Crippen LogP contribution in [0.15, 0.2) is 296 Å². The predicted octanol–water partition coefficient (Wildman–Crippen LogP) is 21.4. The summed E-state index contributed by atoms with van der Waals surface area (Å²) in [6, 6.07) is 106. The first kappa shape index (κ1) is 44.8. The highest BCUT2D eigenvalue weighted by atomic mass is 16.3. The Morgan fingerprint density at radius 3 is 1.49 bits per heavy atom. The summed E-state index contributed by atoms with van der Waals surface area (Å²) in [5.41, 5.74) is 17.7. The molecular formula is C76H48N2O. The van der Waals surface area contributed by atoms with Gasteiger partial charge in [0.2, 0.25) is 0 Å². The first-order valence-corrected chi connectivity index (χ1v) is 27.2. The Labute approximate surface area is 456 Å². The number of furan rings is 1. The van der Waals surface area contributed by atoms with Crippen LogP contribution in [0.3, 0.4) is 0 Å². The second kappa shape index (κ2) is 18.1. The molecule has 0 fully saturated rings. The van der Waals surface area contributed by atoms with Crippen molar-refractivity contribution in [2.75, 3.05) is 4.90 Å². The van der Waals surface area contributed by atoms with Gasteiger partial charge in [0, 0.05) is 38.2 Å². The van der Waals surface area contributed by atoms with Crippen LogP contribution >= 0.6 is 0 Å². The van der Waals surface area contributed by atoms with Gasteiger partial charge in [0.1, 0.15) is 11.2 Å². The highest BCUT2D eigenvalue weighted by Gasteiger charge is 2.26. The maximum atomic E-state index is 7.06. The molecule has 14 aromatic carbocycles. The molecule has 0 saturated carbocycles. The summed E-state index contributed by atoms with van der Waals surface area (Å²) in [6.07, 6.45) is 0. The number of anilines is 3. The van der Waals surface area contributed by atoms with E-state index < -0.39 is 0 Å². The van der Waals surface area contributed by atoms with E-state index in [1.807, 2.05) is 0 Å². The Kier molecular flexibility index (Phi) is 10.3. The number of rotatable bonds is 8. The van der Waals surface area contributed by atoms with Crippen molar-refractivity contribution >= 4 is 104 Å². The summed E-state index contributed by atoms with van der Waals surface area (Å²) >= 11 is 0. The van der Waals surface area contributed by atoms with E-state index in [4.69, 9.17) is 4.42 Å². The SMILES string of the molecule is c1ccc2c(-c3ccc(-c4ccc(N(c5ccc(-c6cccc7c6c6ccccc6n7-c6cccc7ccccc67)c6ccccc56)c5ccc(-c6cccc7ccccc67)c6oc7ccccc7c56)cc4)cc3)cccc2c1. The molecule has 0 aliphatic carbocycles. The van der Waals surface area contributed by atoms with Crippen molar-refractivity contribution in [1.29, 1.82) is 0 Å². The predicted molar refractivity (Wildman–Crippen MR) is 335 cm³/mol. The van der Waals surface area contributed by atoms with E-state index in [1.165, 1.54) is 87.5 Å². The fourth-order valence-electron chi connectivity index (χ4n) is 12.8. The van der Waals surface area contributed by atoms with Gasteiger partial charge in [0.05, 0.1) is 33.5 Å². The highest BCUT2D eigenvalue weighted by Crippen LogP contribution is 2.50. The van der Waals surface area contributed by atoms with Crippen molar-refractivity contribution < 1.29 is 4.42 Å². The second-order valence-corrected chi connectivity index (χ2v) is 20.7. The third-order valence-corrected chi connectivity index (χ3v) is 16.4. The molecular weight excluding hydrogens is 957 g/mol. The maximum Gasteiger partial charge on any atom is 0.145 e. The molecule has 0 N–H and O–H groups in total. The minimum atomic E-state index is 0.852. The number of benzene rings is 14. The van der Waals surface area contributed by atoms with Crippen LogP contribution in [-0.4, -0.2) is 4.57 Å². The van der Waals surface area contributed by atoms with Gasteiger partial charge < -0.3 is 13.9 Å². The Morgan fingerprint density at radius 2 is 0.747 bits per heavy atom. The van der Waals surface area contributed by atoms with Crippen LogP contribution in [-0.2, 0) is 0 Å². The average Bonchev–Trinajstić information content (AvgIpc) is 4.31. The van der Waals surface area contributed by atoms with Crippen LogP contribution in [0.2, 0.25) is 0 Å². The zero-order chi connectivity index (χ0) is 52.0. The average molecular weight is 1010 g/mol. The largest absolute Gasteiger partial charge is 0.455 e. The van der Waals surface area contributed by atoms with E-state index in [9.17, 15) is 0 Å². The van der Waals surface area contributed by atoms with Crippen LogP contribution in [0.5, 0.6) is 0 Å². The van der Waals surface area contributed by atoms with Gasteiger partial charge in [-0.25, -0.2) is 0 Å². The summed E-state index contributed by atoms with van der Waals surface area (Å²) in [4.78, 5) is 2.46. The molecule has 2 aromatic heterocycles. The molecule has 0 atom stereocenters. The van der Waals surface area contributed by atoms with Gasteiger partial charge >= 0.3 is 0 Å². The minimum Gasteiger partial charge on any atom is -0.455 e. The van der Waals surface area contributed by atoms with E-state index in [0.717, 1.165) is 66.6 Å². The van der Waals surface area contributed by atoms with Crippen molar-refractivity contribution in [2.24, 2.45) is 0 Å². The summed E-state index contributed by atoms with van der Waals surface area (Å²) < 4.78 is 9.52. The highest BCUT2D eigenvalue weighted by molar-refractivity contribution is 6.22. The van der Waals surface area contributed by atoms with E-state index in [1.54, 1.807) is 0 Å². The van der Waals surface area contributed by atoms with Crippen LogP contribution in [0.4, 0.5) is 17.1 Å². The number of nitrogens with zero attached hydrogens (tertiary/aromatic N) is 2.